The molecular weight excluding hydrogens is 472 g/mol. The van der Waals surface area contributed by atoms with Gasteiger partial charge in [-0.1, -0.05) is 31.2 Å². The molecule has 0 bridgehead atoms. The molecule has 8 nitrogen and oxygen atoms in total. The van der Waals surface area contributed by atoms with Crippen molar-refractivity contribution in [1.82, 2.24) is 0 Å². The lowest BCUT2D eigenvalue weighted by molar-refractivity contribution is -0.384. The molecule has 0 N–H and O–H groups in total. The Bertz CT molecular complexity index is 1090. The molecule has 0 heterocycles. The molecule has 0 aliphatic carbocycles. The maximum Gasteiger partial charge on any atom is 0.311 e. The van der Waals surface area contributed by atoms with Crippen LogP contribution in [0.25, 0.3) is 12.2 Å². The SMILES string of the molecule is CCN(CCOC(=O)C(C)(C)CC(C)(CC)C(=O)OC)c1ccc(C=Cc2ccc([N+](=O)[O-])cc2)cc1. The summed E-state index contributed by atoms with van der Waals surface area (Å²) in [5.41, 5.74) is 1.37. The van der Waals surface area contributed by atoms with Gasteiger partial charge in [-0.25, -0.2) is 0 Å². The quantitative estimate of drug-likeness (QED) is 0.138. The summed E-state index contributed by atoms with van der Waals surface area (Å²) in [7, 11) is 1.36. The van der Waals surface area contributed by atoms with Gasteiger partial charge in [0.1, 0.15) is 6.61 Å². The van der Waals surface area contributed by atoms with Crippen molar-refractivity contribution < 1.29 is 24.0 Å². The minimum atomic E-state index is -0.826. The fourth-order valence-electron chi connectivity index (χ4n) is 4.25. The van der Waals surface area contributed by atoms with Crippen LogP contribution in [0.1, 0.15) is 58.6 Å². The summed E-state index contributed by atoms with van der Waals surface area (Å²) >= 11 is 0. The summed E-state index contributed by atoms with van der Waals surface area (Å²) < 4.78 is 10.6. The van der Waals surface area contributed by atoms with Crippen molar-refractivity contribution in [2.45, 2.75) is 47.5 Å². The van der Waals surface area contributed by atoms with Crippen molar-refractivity contribution in [1.29, 1.82) is 0 Å². The maximum absolute atomic E-state index is 12.8. The van der Waals surface area contributed by atoms with Crippen molar-refractivity contribution in [2.75, 3.05) is 31.7 Å². The normalized spacial score (nSPS) is 13.1. The van der Waals surface area contributed by atoms with Crippen LogP contribution < -0.4 is 4.90 Å². The number of anilines is 1. The number of methoxy groups -OCH3 is 1. The Labute approximate surface area is 219 Å². The number of hydrogen-bond donors (Lipinski definition) is 0. The monoisotopic (exact) mass is 510 g/mol. The molecule has 1 atom stereocenters. The number of likely N-dealkylation sites (N-methyl/N-ethyl adjacent to an activating group) is 1. The van der Waals surface area contributed by atoms with Crippen molar-refractivity contribution in [3.8, 4) is 0 Å². The highest BCUT2D eigenvalue weighted by molar-refractivity contribution is 5.80. The van der Waals surface area contributed by atoms with Gasteiger partial charge in [-0.3, -0.25) is 19.7 Å². The average molecular weight is 511 g/mol. The molecule has 8 heteroatoms. The van der Waals surface area contributed by atoms with Crippen LogP contribution in [-0.2, 0) is 19.1 Å². The summed E-state index contributed by atoms with van der Waals surface area (Å²) in [5.74, 6) is -0.655. The van der Waals surface area contributed by atoms with Crippen LogP contribution in [0.15, 0.2) is 48.5 Å². The minimum Gasteiger partial charge on any atom is -0.469 e. The van der Waals surface area contributed by atoms with Crippen LogP contribution in [0, 0.1) is 20.9 Å². The molecule has 2 rings (SSSR count). The Balaban J connectivity index is 1.94. The lowest BCUT2D eigenvalue weighted by atomic mass is 9.72. The lowest BCUT2D eigenvalue weighted by Gasteiger charge is -2.33. The first-order valence-electron chi connectivity index (χ1n) is 12.5. The van der Waals surface area contributed by atoms with Crippen molar-refractivity contribution in [3.63, 3.8) is 0 Å². The summed E-state index contributed by atoms with van der Waals surface area (Å²) in [4.78, 5) is 37.5. The number of carbonyl (C=O) groups is 2. The third-order valence-corrected chi connectivity index (χ3v) is 6.65. The van der Waals surface area contributed by atoms with Crippen molar-refractivity contribution >= 4 is 35.5 Å². The molecule has 0 amide bonds. The number of carbonyl (C=O) groups excluding carboxylic acids is 2. The molecule has 0 fully saturated rings. The molecule has 200 valence electrons. The number of nitro groups is 1. The van der Waals surface area contributed by atoms with E-state index in [1.165, 1.54) is 19.2 Å². The molecule has 2 aromatic rings. The zero-order valence-electron chi connectivity index (χ0n) is 22.7. The molecular formula is C29H38N2O6. The zero-order valence-corrected chi connectivity index (χ0v) is 22.7. The van der Waals surface area contributed by atoms with Crippen molar-refractivity contribution in [2.24, 2.45) is 10.8 Å². The van der Waals surface area contributed by atoms with Gasteiger partial charge >= 0.3 is 11.9 Å². The van der Waals surface area contributed by atoms with Crippen LogP contribution in [-0.4, -0.2) is 43.7 Å². The first-order valence-corrected chi connectivity index (χ1v) is 12.5. The summed E-state index contributed by atoms with van der Waals surface area (Å²) in [5, 5.41) is 10.8. The maximum atomic E-state index is 12.8. The zero-order chi connectivity index (χ0) is 27.6. The molecule has 2 aromatic carbocycles. The van der Waals surface area contributed by atoms with Gasteiger partial charge in [0.05, 0.1) is 29.4 Å². The predicted molar refractivity (Wildman–Crippen MR) is 146 cm³/mol. The number of rotatable bonds is 13. The van der Waals surface area contributed by atoms with Crippen LogP contribution >= 0.6 is 0 Å². The van der Waals surface area contributed by atoms with Crippen molar-refractivity contribution in [3.05, 3.63) is 69.8 Å². The van der Waals surface area contributed by atoms with E-state index in [0.29, 0.717) is 19.4 Å². The number of esters is 2. The van der Waals surface area contributed by atoms with Gasteiger partial charge < -0.3 is 14.4 Å². The summed E-state index contributed by atoms with van der Waals surface area (Å²) in [6.45, 7) is 10.9. The summed E-state index contributed by atoms with van der Waals surface area (Å²) in [6, 6.07) is 14.4. The van der Waals surface area contributed by atoms with Crippen LogP contribution in [0.4, 0.5) is 11.4 Å². The highest BCUT2D eigenvalue weighted by atomic mass is 16.6. The topological polar surface area (TPSA) is 99.0 Å². The number of non-ortho nitro benzene ring substituents is 1. The first kappa shape index (κ1) is 29.5. The molecule has 37 heavy (non-hydrogen) atoms. The molecule has 1 unspecified atom stereocenters. The van der Waals surface area contributed by atoms with E-state index in [-0.39, 0.29) is 24.2 Å². The number of nitrogens with zero attached hydrogens (tertiary/aromatic N) is 2. The van der Waals surface area contributed by atoms with E-state index >= 15 is 0 Å². The van der Waals surface area contributed by atoms with E-state index < -0.39 is 15.8 Å². The Hall–Kier alpha value is -3.68. The first-order chi connectivity index (χ1) is 17.5. The second kappa shape index (κ2) is 13.0. The number of nitro benzene ring substituents is 1. The fourth-order valence-corrected chi connectivity index (χ4v) is 4.25. The van der Waals surface area contributed by atoms with Gasteiger partial charge in [0.2, 0.25) is 0 Å². The summed E-state index contributed by atoms with van der Waals surface area (Å²) in [6.07, 6.45) is 4.76. The van der Waals surface area contributed by atoms with E-state index in [0.717, 1.165) is 23.4 Å². The van der Waals surface area contributed by atoms with E-state index in [9.17, 15) is 19.7 Å². The number of benzene rings is 2. The second-order valence-electron chi connectivity index (χ2n) is 9.96. The second-order valence-corrected chi connectivity index (χ2v) is 9.96. The largest absolute Gasteiger partial charge is 0.469 e. The standard InChI is InChI=1S/C29H38N2O6/c1-7-29(5,27(33)36-6)21-28(3,4)26(32)37-20-19-30(8-2)24-15-11-22(12-16-24)9-10-23-13-17-25(18-14-23)31(34)35/h9-18H,7-8,19-21H2,1-6H3. The van der Waals surface area contributed by atoms with E-state index in [2.05, 4.69) is 4.90 Å². The molecule has 0 saturated heterocycles. The van der Waals surface area contributed by atoms with E-state index in [1.807, 2.05) is 57.2 Å². The van der Waals surface area contributed by atoms with Gasteiger partial charge in [0.25, 0.3) is 5.69 Å². The minimum absolute atomic E-state index is 0.0658. The van der Waals surface area contributed by atoms with Gasteiger partial charge in [-0.2, -0.15) is 0 Å². The number of ether oxygens (including phenoxy) is 2. The molecule has 0 aliphatic rings. The predicted octanol–water partition coefficient (Wildman–Crippen LogP) is 6.14. The molecule has 0 aromatic heterocycles. The molecule has 0 saturated carbocycles. The Morgan fingerprint density at radius 1 is 0.946 bits per heavy atom. The highest BCUT2D eigenvalue weighted by Gasteiger charge is 2.42. The van der Waals surface area contributed by atoms with Gasteiger partial charge in [-0.05, 0) is 75.9 Å². The van der Waals surface area contributed by atoms with Gasteiger partial charge in [0, 0.05) is 24.4 Å². The fraction of sp³-hybridized carbons (Fsp3) is 0.448. The third-order valence-electron chi connectivity index (χ3n) is 6.65. The molecule has 0 radical (unpaired) electrons. The Morgan fingerprint density at radius 2 is 1.49 bits per heavy atom. The average Bonchev–Trinajstić information content (AvgIpc) is 2.89. The van der Waals surface area contributed by atoms with E-state index in [4.69, 9.17) is 9.47 Å². The van der Waals surface area contributed by atoms with Crippen LogP contribution in [0.3, 0.4) is 0 Å². The Kier molecular flexibility index (Phi) is 10.4. The Morgan fingerprint density at radius 3 is 1.95 bits per heavy atom. The number of hydrogen-bond acceptors (Lipinski definition) is 7. The smallest absolute Gasteiger partial charge is 0.311 e. The van der Waals surface area contributed by atoms with Gasteiger partial charge in [-0.15, -0.1) is 0 Å². The molecule has 0 aliphatic heterocycles. The highest BCUT2D eigenvalue weighted by Crippen LogP contribution is 2.38. The van der Waals surface area contributed by atoms with Crippen LogP contribution in [0.5, 0.6) is 0 Å². The van der Waals surface area contributed by atoms with Crippen LogP contribution in [0.2, 0.25) is 0 Å². The van der Waals surface area contributed by atoms with E-state index in [1.54, 1.807) is 26.0 Å². The molecule has 0 spiro atoms. The van der Waals surface area contributed by atoms with Gasteiger partial charge in [0.15, 0.2) is 0 Å². The third kappa shape index (κ3) is 8.17. The lowest BCUT2D eigenvalue weighted by Crippen LogP contribution is -2.39.